The number of halogens is 2. The van der Waals surface area contributed by atoms with Gasteiger partial charge in [0.05, 0.1) is 22.5 Å². The number of rotatable bonds is 2. The first-order valence-electron chi connectivity index (χ1n) is 5.95. The van der Waals surface area contributed by atoms with Crippen molar-refractivity contribution in [3.8, 4) is 11.5 Å². The average Bonchev–Trinajstić information content (AvgIpc) is 2.45. The molecule has 0 aliphatic carbocycles. The van der Waals surface area contributed by atoms with Crippen LogP contribution in [0.3, 0.4) is 0 Å². The lowest BCUT2D eigenvalue weighted by molar-refractivity contribution is 0.0696. The van der Waals surface area contributed by atoms with Crippen molar-refractivity contribution >= 4 is 23.3 Å². The van der Waals surface area contributed by atoms with E-state index in [1.165, 1.54) is 0 Å². The first-order valence-corrected chi connectivity index (χ1v) is 5.95. The number of aromatic carboxylic acids is 2. The predicted molar refractivity (Wildman–Crippen MR) is 70.1 cm³/mol. The molecule has 0 saturated carbocycles. The molecular formula is C14H7F2NO5. The van der Waals surface area contributed by atoms with Crippen molar-refractivity contribution in [3.05, 3.63) is 47.0 Å². The summed E-state index contributed by atoms with van der Waals surface area (Å²) >= 11 is 0. The van der Waals surface area contributed by atoms with E-state index in [-0.39, 0.29) is 34.0 Å². The molecule has 0 atom stereocenters. The van der Waals surface area contributed by atoms with Crippen molar-refractivity contribution in [3.63, 3.8) is 0 Å². The van der Waals surface area contributed by atoms with Crippen LogP contribution in [0, 0.1) is 11.6 Å². The molecule has 0 radical (unpaired) electrons. The number of carboxylic acid groups (broad SMARTS) is 2. The zero-order chi connectivity index (χ0) is 16.0. The number of fused-ring (bicyclic) bond motifs is 2. The molecule has 6 nitrogen and oxygen atoms in total. The number of hydrogen-bond acceptors (Lipinski definition) is 4. The van der Waals surface area contributed by atoms with Crippen molar-refractivity contribution in [2.75, 3.05) is 5.32 Å². The Bertz CT molecular complexity index is 834. The Balaban J connectivity index is 2.19. The topological polar surface area (TPSA) is 95.9 Å². The lowest BCUT2D eigenvalue weighted by Gasteiger charge is -2.23. The van der Waals surface area contributed by atoms with E-state index in [0.29, 0.717) is 0 Å². The number of ether oxygens (including phenoxy) is 1. The van der Waals surface area contributed by atoms with E-state index in [1.54, 1.807) is 0 Å². The summed E-state index contributed by atoms with van der Waals surface area (Å²) in [6, 6.07) is 3.66. The van der Waals surface area contributed by atoms with Crippen molar-refractivity contribution in [2.24, 2.45) is 0 Å². The van der Waals surface area contributed by atoms with Crippen LogP contribution in [-0.2, 0) is 0 Å². The van der Waals surface area contributed by atoms with Crippen LogP contribution in [0.1, 0.15) is 20.7 Å². The molecule has 0 unspecified atom stereocenters. The lowest BCUT2D eigenvalue weighted by Crippen LogP contribution is -2.12. The molecule has 0 amide bonds. The second-order valence-corrected chi connectivity index (χ2v) is 4.50. The second-order valence-electron chi connectivity index (χ2n) is 4.50. The molecule has 0 aromatic heterocycles. The molecular weight excluding hydrogens is 300 g/mol. The van der Waals surface area contributed by atoms with Gasteiger partial charge >= 0.3 is 11.9 Å². The van der Waals surface area contributed by atoms with E-state index in [1.807, 2.05) is 0 Å². The van der Waals surface area contributed by atoms with Crippen LogP contribution in [0.25, 0.3) is 0 Å². The smallest absolute Gasteiger partial charge is 0.337 e. The molecule has 0 fully saturated rings. The Morgan fingerprint density at radius 3 is 2.27 bits per heavy atom. The molecule has 3 N–H and O–H groups in total. The fraction of sp³-hybridized carbons (Fsp3) is 0. The maximum Gasteiger partial charge on any atom is 0.337 e. The molecule has 1 aliphatic rings. The Morgan fingerprint density at radius 1 is 0.955 bits per heavy atom. The molecule has 2 aromatic rings. The molecule has 22 heavy (non-hydrogen) atoms. The lowest BCUT2D eigenvalue weighted by atomic mass is 10.1. The minimum atomic E-state index is -1.39. The maximum absolute atomic E-state index is 13.2. The van der Waals surface area contributed by atoms with E-state index in [0.717, 1.165) is 24.3 Å². The quantitative estimate of drug-likeness (QED) is 0.673. The highest BCUT2D eigenvalue weighted by atomic mass is 19.2. The summed E-state index contributed by atoms with van der Waals surface area (Å²) in [5.41, 5.74) is -0.651. The van der Waals surface area contributed by atoms with Crippen molar-refractivity contribution in [1.29, 1.82) is 0 Å². The van der Waals surface area contributed by atoms with Gasteiger partial charge in [0.1, 0.15) is 0 Å². The van der Waals surface area contributed by atoms with Crippen LogP contribution in [0.2, 0.25) is 0 Å². The SMILES string of the molecule is O=C(O)c1cc2c(c(C(=O)O)c1)Nc1cc(F)c(F)cc1O2. The molecule has 112 valence electrons. The third kappa shape index (κ3) is 2.10. The number of anilines is 2. The van der Waals surface area contributed by atoms with Gasteiger partial charge in [-0.25, -0.2) is 18.4 Å². The summed E-state index contributed by atoms with van der Waals surface area (Å²) in [6.07, 6.45) is 0. The number of carboxylic acids is 2. The van der Waals surface area contributed by atoms with Crippen LogP contribution in [0.4, 0.5) is 20.2 Å². The maximum atomic E-state index is 13.2. The summed E-state index contributed by atoms with van der Waals surface area (Å²) in [6.45, 7) is 0. The van der Waals surface area contributed by atoms with Gasteiger partial charge in [0.15, 0.2) is 23.1 Å². The van der Waals surface area contributed by atoms with E-state index < -0.39 is 23.6 Å². The Kier molecular flexibility index (Phi) is 2.94. The van der Waals surface area contributed by atoms with Crippen LogP contribution >= 0.6 is 0 Å². The van der Waals surface area contributed by atoms with E-state index in [9.17, 15) is 23.5 Å². The minimum Gasteiger partial charge on any atom is -0.478 e. The van der Waals surface area contributed by atoms with Crippen molar-refractivity contribution < 1.29 is 33.3 Å². The zero-order valence-corrected chi connectivity index (χ0v) is 10.7. The third-order valence-electron chi connectivity index (χ3n) is 3.08. The van der Waals surface area contributed by atoms with Crippen LogP contribution in [-0.4, -0.2) is 22.2 Å². The van der Waals surface area contributed by atoms with Gasteiger partial charge in [0, 0.05) is 12.1 Å². The summed E-state index contributed by atoms with van der Waals surface area (Å²) < 4.78 is 31.8. The first kappa shape index (κ1) is 13.8. The fourth-order valence-electron chi connectivity index (χ4n) is 2.08. The number of carbonyl (C=O) groups is 2. The van der Waals surface area contributed by atoms with Gasteiger partial charge in [-0.3, -0.25) is 0 Å². The first-order chi connectivity index (χ1) is 10.4. The molecule has 1 heterocycles. The van der Waals surface area contributed by atoms with Gasteiger partial charge in [0.25, 0.3) is 0 Å². The summed E-state index contributed by atoms with van der Waals surface area (Å²) in [5, 5.41) is 20.8. The molecule has 3 rings (SSSR count). The monoisotopic (exact) mass is 307 g/mol. The van der Waals surface area contributed by atoms with Gasteiger partial charge < -0.3 is 20.3 Å². The predicted octanol–water partition coefficient (Wildman–Crippen LogP) is 3.21. The number of benzene rings is 2. The van der Waals surface area contributed by atoms with Gasteiger partial charge in [-0.1, -0.05) is 0 Å². The Labute approximate surface area is 121 Å². The highest BCUT2D eigenvalue weighted by Gasteiger charge is 2.26. The summed E-state index contributed by atoms with van der Waals surface area (Å²) in [7, 11) is 0. The molecule has 0 spiro atoms. The standard InChI is InChI=1S/C14H7F2NO5/c15-7-3-9-10(4-8(7)16)22-11-2-5(13(18)19)1-6(14(20)21)12(11)17-9/h1-4,17H,(H,18,19)(H,20,21). The summed E-state index contributed by atoms with van der Waals surface area (Å²) in [4.78, 5) is 22.3. The van der Waals surface area contributed by atoms with Crippen molar-refractivity contribution in [2.45, 2.75) is 0 Å². The van der Waals surface area contributed by atoms with Crippen molar-refractivity contribution in [1.82, 2.24) is 0 Å². The molecule has 2 aromatic carbocycles. The van der Waals surface area contributed by atoms with Crippen LogP contribution < -0.4 is 10.1 Å². The third-order valence-corrected chi connectivity index (χ3v) is 3.08. The normalized spacial score (nSPS) is 11.7. The molecule has 1 aliphatic heterocycles. The Hall–Kier alpha value is -3.16. The summed E-state index contributed by atoms with van der Waals surface area (Å²) in [5.74, 6) is -5.18. The average molecular weight is 307 g/mol. The van der Waals surface area contributed by atoms with Crippen LogP contribution in [0.5, 0.6) is 11.5 Å². The van der Waals surface area contributed by atoms with Crippen LogP contribution in [0.15, 0.2) is 24.3 Å². The molecule has 8 heteroatoms. The number of nitrogens with one attached hydrogen (secondary N) is 1. The largest absolute Gasteiger partial charge is 0.478 e. The van der Waals surface area contributed by atoms with Gasteiger partial charge in [-0.2, -0.15) is 0 Å². The van der Waals surface area contributed by atoms with E-state index >= 15 is 0 Å². The molecule has 0 saturated heterocycles. The van der Waals surface area contributed by atoms with E-state index in [2.05, 4.69) is 5.32 Å². The Morgan fingerprint density at radius 2 is 1.64 bits per heavy atom. The highest BCUT2D eigenvalue weighted by Crippen LogP contribution is 2.44. The molecule has 0 bridgehead atoms. The zero-order valence-electron chi connectivity index (χ0n) is 10.7. The van der Waals surface area contributed by atoms with E-state index in [4.69, 9.17) is 9.84 Å². The minimum absolute atomic E-state index is 0.0315. The number of hydrogen-bond donors (Lipinski definition) is 3. The highest BCUT2D eigenvalue weighted by molar-refractivity contribution is 6.02. The van der Waals surface area contributed by atoms with Gasteiger partial charge in [0.2, 0.25) is 0 Å². The van der Waals surface area contributed by atoms with Gasteiger partial charge in [-0.05, 0) is 12.1 Å². The second kappa shape index (κ2) is 4.69. The van der Waals surface area contributed by atoms with Gasteiger partial charge in [-0.15, -0.1) is 0 Å². The fourth-order valence-corrected chi connectivity index (χ4v) is 2.08.